The average Bonchev–Trinajstić information content (AvgIpc) is 2.88. The molecule has 0 aromatic carbocycles. The second-order valence-corrected chi connectivity index (χ2v) is 8.17. The van der Waals surface area contributed by atoms with Crippen molar-refractivity contribution in [2.24, 2.45) is 7.05 Å². The van der Waals surface area contributed by atoms with E-state index in [1.807, 2.05) is 0 Å². The molecular formula is C16H17BrN4O6S. The maximum Gasteiger partial charge on any atom is 0.352 e. The minimum Gasteiger partial charge on any atom is -0.477 e. The van der Waals surface area contributed by atoms with Gasteiger partial charge in [0, 0.05) is 25.3 Å². The number of aliphatic carboxylic acids is 1. The van der Waals surface area contributed by atoms with Crippen LogP contribution in [0.25, 0.3) is 0 Å². The van der Waals surface area contributed by atoms with Gasteiger partial charge in [-0.15, -0.1) is 11.8 Å². The third kappa shape index (κ3) is 3.41. The van der Waals surface area contributed by atoms with Gasteiger partial charge in [0.2, 0.25) is 0 Å². The van der Waals surface area contributed by atoms with Crippen molar-refractivity contribution < 1.29 is 29.0 Å². The van der Waals surface area contributed by atoms with E-state index in [1.165, 1.54) is 23.4 Å². The second-order valence-electron chi connectivity index (χ2n) is 6.27. The summed E-state index contributed by atoms with van der Waals surface area (Å²) in [5.74, 6) is -2.57. The quantitative estimate of drug-likeness (QED) is 0.465. The Morgan fingerprint density at radius 2 is 2.11 bits per heavy atom. The van der Waals surface area contributed by atoms with Crippen molar-refractivity contribution in [2.45, 2.75) is 25.3 Å². The van der Waals surface area contributed by atoms with Crippen LogP contribution in [0.15, 0.2) is 15.7 Å². The highest BCUT2D eigenvalue weighted by atomic mass is 79.9. The fraction of sp³-hybridized carbons (Fsp3) is 0.438. The number of carbonyl (C=O) groups excluding carboxylic acids is 3. The summed E-state index contributed by atoms with van der Waals surface area (Å²) in [6.45, 7) is 2.76. The molecule has 0 unspecified atom stereocenters. The number of ether oxygens (including phenoxy) is 1. The van der Waals surface area contributed by atoms with Crippen LogP contribution >= 0.6 is 27.7 Å². The van der Waals surface area contributed by atoms with Crippen molar-refractivity contribution in [2.75, 3.05) is 12.4 Å². The predicted molar refractivity (Wildman–Crippen MR) is 101 cm³/mol. The van der Waals surface area contributed by atoms with Gasteiger partial charge in [-0.2, -0.15) is 5.10 Å². The van der Waals surface area contributed by atoms with Crippen LogP contribution in [0.4, 0.5) is 0 Å². The molecular weight excluding hydrogens is 456 g/mol. The summed E-state index contributed by atoms with van der Waals surface area (Å²) < 4.78 is 6.82. The molecule has 3 rings (SSSR count). The lowest BCUT2D eigenvalue weighted by Crippen LogP contribution is -2.70. The van der Waals surface area contributed by atoms with Crippen LogP contribution in [-0.2, 0) is 26.2 Å². The number of halogens is 1. The van der Waals surface area contributed by atoms with Gasteiger partial charge in [0.05, 0.1) is 10.2 Å². The number of carboxylic acids is 1. The first-order chi connectivity index (χ1) is 13.1. The highest BCUT2D eigenvalue weighted by molar-refractivity contribution is 9.10. The Hall–Kier alpha value is -2.34. The Kier molecular flexibility index (Phi) is 5.53. The van der Waals surface area contributed by atoms with Crippen LogP contribution in [0, 0.1) is 6.92 Å². The number of nitrogens with one attached hydrogen (secondary N) is 1. The van der Waals surface area contributed by atoms with Gasteiger partial charge in [-0.1, -0.05) is 0 Å². The molecule has 10 nitrogen and oxygen atoms in total. The van der Waals surface area contributed by atoms with Crippen LogP contribution in [0.3, 0.4) is 0 Å². The number of aromatic nitrogens is 2. The van der Waals surface area contributed by atoms with Crippen molar-refractivity contribution in [1.29, 1.82) is 0 Å². The van der Waals surface area contributed by atoms with E-state index >= 15 is 0 Å². The summed E-state index contributed by atoms with van der Waals surface area (Å²) in [7, 11) is 1.61. The molecule has 3 heterocycles. The first-order valence-electron chi connectivity index (χ1n) is 8.16. The lowest BCUT2D eigenvalue weighted by Gasteiger charge is -2.49. The predicted octanol–water partition coefficient (Wildman–Crippen LogP) is 0.406. The largest absolute Gasteiger partial charge is 0.477 e. The zero-order valence-corrected chi connectivity index (χ0v) is 17.6. The van der Waals surface area contributed by atoms with E-state index in [9.17, 15) is 24.3 Å². The van der Waals surface area contributed by atoms with E-state index in [0.29, 0.717) is 15.7 Å². The number of thioether (sulfide) groups is 1. The number of rotatable bonds is 5. The molecule has 2 amide bonds. The van der Waals surface area contributed by atoms with Crippen molar-refractivity contribution in [1.82, 2.24) is 20.0 Å². The zero-order valence-electron chi connectivity index (χ0n) is 15.2. The van der Waals surface area contributed by atoms with Crippen molar-refractivity contribution >= 4 is 51.4 Å². The number of nitrogens with zero attached hydrogens (tertiary/aromatic N) is 3. The van der Waals surface area contributed by atoms with Gasteiger partial charge >= 0.3 is 11.9 Å². The Morgan fingerprint density at radius 1 is 1.43 bits per heavy atom. The molecule has 2 atom stereocenters. The number of β-lactam (4-membered cyclic amide) rings is 1. The SMILES string of the molecule is CC(=O)OCC1=C(C(=O)O)N2C(=O)[C@H](NC(=O)c3c(Br)c(C)nn3C)[C@H]2SC1. The normalized spacial score (nSPS) is 21.1. The highest BCUT2D eigenvalue weighted by Gasteiger charge is 2.54. The standard InChI is InChI=1S/C16H17BrN4O6S/c1-6-9(17)12(20(3)19-6)13(23)18-10-14(24)21-11(16(25)26)8(4-27-7(2)22)5-28-15(10)21/h10,15H,4-5H2,1-3H3,(H,18,23)(H,25,26)/t10-,15+/m0/s1. The van der Waals surface area contributed by atoms with Crippen LogP contribution in [0.1, 0.15) is 23.1 Å². The molecule has 0 spiro atoms. The first kappa shape index (κ1) is 20.4. The summed E-state index contributed by atoms with van der Waals surface area (Å²) in [6, 6.07) is -0.857. The lowest BCUT2D eigenvalue weighted by atomic mass is 10.0. The lowest BCUT2D eigenvalue weighted by molar-refractivity contribution is -0.149. The van der Waals surface area contributed by atoms with Gasteiger partial charge in [-0.05, 0) is 22.9 Å². The number of aryl methyl sites for hydroxylation is 2. The average molecular weight is 473 g/mol. The van der Waals surface area contributed by atoms with Crippen LogP contribution in [-0.4, -0.2) is 67.3 Å². The van der Waals surface area contributed by atoms with E-state index in [-0.39, 0.29) is 23.8 Å². The summed E-state index contributed by atoms with van der Waals surface area (Å²) >= 11 is 4.61. The van der Waals surface area contributed by atoms with Gasteiger partial charge in [0.15, 0.2) is 0 Å². The Labute approximate surface area is 172 Å². The van der Waals surface area contributed by atoms with Gasteiger partial charge in [-0.25, -0.2) is 4.79 Å². The minimum atomic E-state index is -1.28. The Bertz CT molecular complexity index is 926. The molecule has 0 bridgehead atoms. The minimum absolute atomic E-state index is 0.196. The molecule has 1 fully saturated rings. The second kappa shape index (κ2) is 7.59. The Balaban J connectivity index is 1.79. The van der Waals surface area contributed by atoms with Crippen LogP contribution < -0.4 is 5.32 Å². The highest BCUT2D eigenvalue weighted by Crippen LogP contribution is 2.40. The van der Waals surface area contributed by atoms with E-state index in [0.717, 1.165) is 4.90 Å². The fourth-order valence-electron chi connectivity index (χ4n) is 3.07. The van der Waals surface area contributed by atoms with Crippen LogP contribution in [0.5, 0.6) is 0 Å². The number of hydrogen-bond donors (Lipinski definition) is 2. The number of fused-ring (bicyclic) bond motifs is 1. The van der Waals surface area contributed by atoms with Gasteiger partial charge in [-0.3, -0.25) is 24.0 Å². The summed E-state index contributed by atoms with van der Waals surface area (Å²) in [4.78, 5) is 49.0. The summed E-state index contributed by atoms with van der Waals surface area (Å²) in [6.07, 6.45) is 0. The summed E-state index contributed by atoms with van der Waals surface area (Å²) in [5.41, 5.74) is 1.05. The zero-order chi connectivity index (χ0) is 20.7. The van der Waals surface area contributed by atoms with Crippen molar-refractivity contribution in [3.8, 4) is 0 Å². The molecule has 150 valence electrons. The topological polar surface area (TPSA) is 131 Å². The van der Waals surface area contributed by atoms with E-state index in [2.05, 4.69) is 26.3 Å². The molecule has 12 heteroatoms. The van der Waals surface area contributed by atoms with Crippen LogP contribution in [0.2, 0.25) is 0 Å². The van der Waals surface area contributed by atoms with Gasteiger partial charge < -0.3 is 15.2 Å². The molecule has 1 saturated heterocycles. The van der Waals surface area contributed by atoms with Crippen molar-refractivity contribution in [3.63, 3.8) is 0 Å². The molecule has 0 saturated carbocycles. The number of carbonyl (C=O) groups is 4. The van der Waals surface area contributed by atoms with E-state index < -0.39 is 35.2 Å². The molecule has 0 radical (unpaired) electrons. The third-order valence-electron chi connectivity index (χ3n) is 4.35. The van der Waals surface area contributed by atoms with Gasteiger partial charge in [0.1, 0.15) is 29.4 Å². The molecule has 2 N–H and O–H groups in total. The van der Waals surface area contributed by atoms with Crippen molar-refractivity contribution in [3.05, 3.63) is 27.1 Å². The molecule has 2 aliphatic rings. The molecule has 2 aliphatic heterocycles. The first-order valence-corrected chi connectivity index (χ1v) is 10.0. The number of amides is 2. The van der Waals surface area contributed by atoms with Gasteiger partial charge in [0.25, 0.3) is 11.8 Å². The number of carboxylic acid groups (broad SMARTS) is 1. The third-order valence-corrected chi connectivity index (χ3v) is 6.64. The van der Waals surface area contributed by atoms with E-state index in [4.69, 9.17) is 4.74 Å². The monoisotopic (exact) mass is 472 g/mol. The van der Waals surface area contributed by atoms with E-state index in [1.54, 1.807) is 14.0 Å². The number of hydrogen-bond acceptors (Lipinski definition) is 7. The smallest absolute Gasteiger partial charge is 0.352 e. The summed E-state index contributed by atoms with van der Waals surface area (Å²) in [5, 5.41) is 15.8. The molecule has 28 heavy (non-hydrogen) atoms. The maximum atomic E-state index is 12.6. The molecule has 1 aromatic rings. The Morgan fingerprint density at radius 3 is 2.64 bits per heavy atom. The molecule has 0 aliphatic carbocycles. The fourth-order valence-corrected chi connectivity index (χ4v) is 4.91. The maximum absolute atomic E-state index is 12.6. The number of esters is 1. The molecule has 1 aromatic heterocycles.